The molecular formula is C12H17ClN2O. The Hall–Kier alpha value is -0.830. The molecule has 1 heterocycles. The topological polar surface area (TPSA) is 35.0 Å². The Labute approximate surface area is 101 Å². The van der Waals surface area contributed by atoms with Crippen molar-refractivity contribution in [2.75, 3.05) is 0 Å². The summed E-state index contributed by atoms with van der Waals surface area (Å²) in [5, 5.41) is 0.433. The van der Waals surface area contributed by atoms with Gasteiger partial charge in [0.1, 0.15) is 17.6 Å². The van der Waals surface area contributed by atoms with E-state index in [0.29, 0.717) is 11.0 Å². The molecule has 0 amide bonds. The second kappa shape index (κ2) is 5.00. The van der Waals surface area contributed by atoms with Crippen LogP contribution in [0.25, 0.3) is 0 Å². The lowest BCUT2D eigenvalue weighted by molar-refractivity contribution is 0.193. The van der Waals surface area contributed by atoms with E-state index in [1.54, 1.807) is 6.07 Å². The molecule has 16 heavy (non-hydrogen) atoms. The molecule has 1 fully saturated rings. The minimum atomic E-state index is 0.283. The Kier molecular flexibility index (Phi) is 3.64. The van der Waals surface area contributed by atoms with Gasteiger partial charge in [0, 0.05) is 6.07 Å². The quantitative estimate of drug-likeness (QED) is 0.761. The van der Waals surface area contributed by atoms with E-state index in [1.807, 2.05) is 0 Å². The summed E-state index contributed by atoms with van der Waals surface area (Å²) < 4.78 is 5.82. The van der Waals surface area contributed by atoms with Crippen LogP contribution < -0.4 is 4.74 Å². The Morgan fingerprint density at radius 2 is 2.25 bits per heavy atom. The number of nitrogens with zero attached hydrogens (tertiary/aromatic N) is 2. The smallest absolute Gasteiger partial charge is 0.218 e. The monoisotopic (exact) mass is 240 g/mol. The predicted octanol–water partition coefficient (Wildman–Crippen LogP) is 3.33. The maximum absolute atomic E-state index is 5.82. The van der Waals surface area contributed by atoms with Crippen LogP contribution in [-0.2, 0) is 0 Å². The summed E-state index contributed by atoms with van der Waals surface area (Å²) in [6.45, 7) is 4.54. The molecule has 0 spiro atoms. The van der Waals surface area contributed by atoms with Gasteiger partial charge in [0.05, 0.1) is 0 Å². The van der Waals surface area contributed by atoms with Crippen molar-refractivity contribution in [3.05, 3.63) is 17.5 Å². The van der Waals surface area contributed by atoms with E-state index in [-0.39, 0.29) is 6.10 Å². The van der Waals surface area contributed by atoms with Gasteiger partial charge in [0.25, 0.3) is 0 Å². The van der Waals surface area contributed by atoms with Gasteiger partial charge in [0.15, 0.2) is 0 Å². The molecule has 0 N–H and O–H groups in total. The molecule has 1 aromatic heterocycles. The van der Waals surface area contributed by atoms with Gasteiger partial charge < -0.3 is 4.74 Å². The van der Waals surface area contributed by atoms with Crippen molar-refractivity contribution in [2.45, 2.75) is 39.2 Å². The standard InChI is InChI=1S/C12H17ClN2O/c1-3-9-5-10(4-8(9)2)16-12-6-11(13)14-7-15-12/h6-10H,3-5H2,1-2H3/t8-,9+,10-/m0/s1. The largest absolute Gasteiger partial charge is 0.474 e. The highest BCUT2D eigenvalue weighted by molar-refractivity contribution is 6.29. The summed E-state index contributed by atoms with van der Waals surface area (Å²) in [7, 11) is 0. The molecule has 1 aliphatic carbocycles. The number of aromatic nitrogens is 2. The average molecular weight is 241 g/mol. The zero-order chi connectivity index (χ0) is 11.5. The third-order valence-electron chi connectivity index (χ3n) is 3.43. The van der Waals surface area contributed by atoms with Crippen LogP contribution in [0.3, 0.4) is 0 Å². The lowest BCUT2D eigenvalue weighted by Crippen LogP contribution is -2.13. The van der Waals surface area contributed by atoms with Crippen molar-refractivity contribution in [3.63, 3.8) is 0 Å². The minimum Gasteiger partial charge on any atom is -0.474 e. The van der Waals surface area contributed by atoms with Gasteiger partial charge in [-0.1, -0.05) is 31.9 Å². The van der Waals surface area contributed by atoms with Crippen LogP contribution in [0.2, 0.25) is 5.15 Å². The van der Waals surface area contributed by atoms with Crippen molar-refractivity contribution >= 4 is 11.6 Å². The van der Waals surface area contributed by atoms with Gasteiger partial charge in [-0.15, -0.1) is 0 Å². The zero-order valence-corrected chi connectivity index (χ0v) is 10.4. The lowest BCUT2D eigenvalue weighted by Gasteiger charge is -2.12. The van der Waals surface area contributed by atoms with Gasteiger partial charge in [-0.2, -0.15) is 0 Å². The molecule has 0 saturated heterocycles. The van der Waals surface area contributed by atoms with Crippen LogP contribution in [0.5, 0.6) is 5.88 Å². The summed E-state index contributed by atoms with van der Waals surface area (Å²) in [5.41, 5.74) is 0. The fourth-order valence-electron chi connectivity index (χ4n) is 2.49. The first-order valence-corrected chi connectivity index (χ1v) is 6.21. The van der Waals surface area contributed by atoms with Gasteiger partial charge in [0.2, 0.25) is 5.88 Å². The van der Waals surface area contributed by atoms with E-state index in [1.165, 1.54) is 12.7 Å². The highest BCUT2D eigenvalue weighted by Gasteiger charge is 2.31. The molecule has 0 bridgehead atoms. The molecule has 88 valence electrons. The highest BCUT2D eigenvalue weighted by atomic mass is 35.5. The van der Waals surface area contributed by atoms with E-state index in [9.17, 15) is 0 Å². The summed E-state index contributed by atoms with van der Waals surface area (Å²) in [6.07, 6.45) is 5.18. The number of hydrogen-bond acceptors (Lipinski definition) is 3. The molecular weight excluding hydrogens is 224 g/mol. The van der Waals surface area contributed by atoms with E-state index in [0.717, 1.165) is 24.7 Å². The second-order valence-corrected chi connectivity index (χ2v) is 4.92. The van der Waals surface area contributed by atoms with Crippen LogP contribution in [0.1, 0.15) is 33.1 Å². The molecule has 1 saturated carbocycles. The van der Waals surface area contributed by atoms with Crippen molar-refractivity contribution < 1.29 is 4.74 Å². The second-order valence-electron chi connectivity index (χ2n) is 4.54. The van der Waals surface area contributed by atoms with Gasteiger partial charge in [-0.3, -0.25) is 0 Å². The number of hydrogen-bond donors (Lipinski definition) is 0. The number of halogens is 1. The fraction of sp³-hybridized carbons (Fsp3) is 0.667. The van der Waals surface area contributed by atoms with E-state index >= 15 is 0 Å². The zero-order valence-electron chi connectivity index (χ0n) is 9.69. The van der Waals surface area contributed by atoms with Crippen LogP contribution in [-0.4, -0.2) is 16.1 Å². The SMILES string of the molecule is CC[C@@H]1C[C@@H](Oc2cc(Cl)ncn2)C[C@@H]1C. The predicted molar refractivity (Wildman–Crippen MR) is 63.6 cm³/mol. The molecule has 1 aliphatic rings. The molecule has 0 aromatic carbocycles. The maximum atomic E-state index is 5.82. The molecule has 0 unspecified atom stereocenters. The van der Waals surface area contributed by atoms with Gasteiger partial charge in [-0.05, 0) is 24.7 Å². The van der Waals surface area contributed by atoms with E-state index in [2.05, 4.69) is 23.8 Å². The summed E-state index contributed by atoms with van der Waals surface area (Å²) in [5.74, 6) is 2.11. The Balaban J connectivity index is 1.96. The van der Waals surface area contributed by atoms with Crippen molar-refractivity contribution in [1.82, 2.24) is 9.97 Å². The van der Waals surface area contributed by atoms with Crippen LogP contribution in [0.4, 0.5) is 0 Å². The van der Waals surface area contributed by atoms with E-state index < -0.39 is 0 Å². The third-order valence-corrected chi connectivity index (χ3v) is 3.63. The Morgan fingerprint density at radius 1 is 1.44 bits per heavy atom. The summed E-state index contributed by atoms with van der Waals surface area (Å²) in [4.78, 5) is 7.90. The average Bonchev–Trinajstić information content (AvgIpc) is 2.58. The summed E-state index contributed by atoms with van der Waals surface area (Å²) in [6, 6.07) is 1.67. The van der Waals surface area contributed by atoms with Crippen LogP contribution in [0.15, 0.2) is 12.4 Å². The highest BCUT2D eigenvalue weighted by Crippen LogP contribution is 2.35. The number of ether oxygens (including phenoxy) is 1. The molecule has 4 heteroatoms. The van der Waals surface area contributed by atoms with Crippen LogP contribution >= 0.6 is 11.6 Å². The van der Waals surface area contributed by atoms with Gasteiger partial charge in [-0.25, -0.2) is 9.97 Å². The van der Waals surface area contributed by atoms with Gasteiger partial charge >= 0.3 is 0 Å². The molecule has 0 radical (unpaired) electrons. The molecule has 3 atom stereocenters. The molecule has 3 nitrogen and oxygen atoms in total. The molecule has 2 rings (SSSR count). The Bertz CT molecular complexity index is 359. The van der Waals surface area contributed by atoms with Crippen LogP contribution in [0, 0.1) is 11.8 Å². The van der Waals surface area contributed by atoms with Crippen molar-refractivity contribution in [1.29, 1.82) is 0 Å². The minimum absolute atomic E-state index is 0.283. The Morgan fingerprint density at radius 3 is 2.88 bits per heavy atom. The first-order valence-electron chi connectivity index (χ1n) is 5.83. The lowest BCUT2D eigenvalue weighted by atomic mass is 9.96. The number of rotatable bonds is 3. The maximum Gasteiger partial charge on any atom is 0.218 e. The third kappa shape index (κ3) is 2.64. The van der Waals surface area contributed by atoms with E-state index in [4.69, 9.17) is 16.3 Å². The normalized spacial score (nSPS) is 29.3. The summed E-state index contributed by atoms with van der Waals surface area (Å²) >= 11 is 5.78. The first kappa shape index (κ1) is 11.6. The molecule has 0 aliphatic heterocycles. The fourth-order valence-corrected chi connectivity index (χ4v) is 2.63. The van der Waals surface area contributed by atoms with Crippen molar-refractivity contribution in [3.8, 4) is 5.88 Å². The molecule has 1 aromatic rings. The first-order chi connectivity index (χ1) is 7.69. The van der Waals surface area contributed by atoms with Crippen molar-refractivity contribution in [2.24, 2.45) is 11.8 Å².